The van der Waals surface area contributed by atoms with Crippen molar-refractivity contribution >= 4 is 27.7 Å². The van der Waals surface area contributed by atoms with Gasteiger partial charge in [-0.25, -0.2) is 0 Å². The Kier molecular flexibility index (Phi) is 3.71. The summed E-state index contributed by atoms with van der Waals surface area (Å²) in [6.45, 7) is 3.01. The predicted molar refractivity (Wildman–Crippen MR) is 86.3 cm³/mol. The molecule has 4 N–H and O–H groups in total. The summed E-state index contributed by atoms with van der Waals surface area (Å²) in [4.78, 5) is 7.98. The van der Waals surface area contributed by atoms with Crippen LogP contribution < -0.4 is 11.1 Å². The minimum Gasteiger partial charge on any atom is -0.493 e. The van der Waals surface area contributed by atoms with Gasteiger partial charge in [0.1, 0.15) is 5.82 Å². The van der Waals surface area contributed by atoms with Crippen LogP contribution in [0, 0.1) is 5.92 Å². The summed E-state index contributed by atoms with van der Waals surface area (Å²) in [7, 11) is 0. The smallest absolute Gasteiger partial charge is 0.225 e. The molecule has 0 amide bonds. The summed E-state index contributed by atoms with van der Waals surface area (Å²) in [6, 6.07) is 8.36. The molecule has 0 fully saturated rings. The number of nitrogen functional groups attached to an aromatic ring is 1. The molecule has 1 aromatic carbocycles. The Morgan fingerprint density at radius 3 is 2.76 bits per heavy atom. The molecule has 0 saturated heterocycles. The summed E-state index contributed by atoms with van der Waals surface area (Å²) in [5, 5.41) is 13.2. The van der Waals surface area contributed by atoms with Gasteiger partial charge in [0.2, 0.25) is 11.8 Å². The molecular weight excluding hydrogens is 332 g/mol. The number of fused-ring (bicyclic) bond motifs is 1. The first-order valence-electron chi connectivity index (χ1n) is 6.89. The molecule has 0 aliphatic carbocycles. The topological polar surface area (TPSA) is 84.1 Å². The highest BCUT2D eigenvalue weighted by Gasteiger charge is 2.27. The van der Waals surface area contributed by atoms with Gasteiger partial charge in [-0.05, 0) is 36.0 Å². The van der Waals surface area contributed by atoms with E-state index in [-0.39, 0.29) is 11.8 Å². The van der Waals surface area contributed by atoms with Crippen molar-refractivity contribution in [3.05, 3.63) is 39.9 Å². The number of hydrogen-bond acceptors (Lipinski definition) is 5. The fourth-order valence-electron chi connectivity index (χ4n) is 2.78. The molecule has 2 atom stereocenters. The first-order valence-corrected chi connectivity index (χ1v) is 7.68. The Bertz CT molecular complexity index is 659. The maximum absolute atomic E-state index is 9.97. The molecule has 5 nitrogen and oxygen atoms in total. The number of halogens is 1. The fourth-order valence-corrected chi connectivity index (χ4v) is 3.04. The quantitative estimate of drug-likeness (QED) is 0.776. The molecule has 0 bridgehead atoms. The lowest BCUT2D eigenvalue weighted by Gasteiger charge is -2.30. The number of hydrogen-bond donors (Lipinski definition) is 3. The summed E-state index contributed by atoms with van der Waals surface area (Å²) in [6.07, 6.45) is 0.742. The van der Waals surface area contributed by atoms with E-state index in [2.05, 4.69) is 62.4 Å². The van der Waals surface area contributed by atoms with Crippen LogP contribution in [0.15, 0.2) is 28.7 Å². The first kappa shape index (κ1) is 14.1. The second kappa shape index (κ2) is 5.52. The standard InChI is InChI=1S/C15H17BrN4O/c1-8(9-2-4-11(16)5-3-9)10-6-12-13(18-7-10)19-15(17)20-14(12)21/h2-5,8,10H,6-7H2,1H3,(H4,17,18,19,20,21). The Morgan fingerprint density at radius 1 is 1.33 bits per heavy atom. The monoisotopic (exact) mass is 348 g/mol. The van der Waals surface area contributed by atoms with E-state index in [1.165, 1.54) is 5.56 Å². The summed E-state index contributed by atoms with van der Waals surface area (Å²) < 4.78 is 1.08. The van der Waals surface area contributed by atoms with Gasteiger partial charge in [0, 0.05) is 11.0 Å². The normalized spacial score (nSPS) is 18.7. The maximum atomic E-state index is 9.97. The van der Waals surface area contributed by atoms with Crippen LogP contribution in [0.4, 0.5) is 11.8 Å². The van der Waals surface area contributed by atoms with Crippen molar-refractivity contribution in [1.29, 1.82) is 0 Å². The summed E-state index contributed by atoms with van der Waals surface area (Å²) in [5.74, 6) is 1.47. The summed E-state index contributed by atoms with van der Waals surface area (Å²) >= 11 is 3.45. The van der Waals surface area contributed by atoms with Crippen LogP contribution in [-0.4, -0.2) is 21.6 Å². The molecule has 110 valence electrons. The fraction of sp³-hybridized carbons (Fsp3) is 0.333. The average Bonchev–Trinajstić information content (AvgIpc) is 2.47. The van der Waals surface area contributed by atoms with Gasteiger partial charge < -0.3 is 16.2 Å². The van der Waals surface area contributed by atoms with E-state index in [9.17, 15) is 5.11 Å². The third-order valence-corrected chi connectivity index (χ3v) is 4.63. The lowest BCUT2D eigenvalue weighted by molar-refractivity contribution is 0.412. The number of nitrogens with two attached hydrogens (primary N) is 1. The molecule has 2 aromatic rings. The average molecular weight is 349 g/mol. The molecule has 2 unspecified atom stereocenters. The minimum atomic E-state index is -0.0160. The van der Waals surface area contributed by atoms with Gasteiger partial charge in [0.15, 0.2) is 0 Å². The molecule has 0 spiro atoms. The molecule has 0 saturated carbocycles. The van der Waals surface area contributed by atoms with Crippen molar-refractivity contribution in [2.24, 2.45) is 5.92 Å². The first-order chi connectivity index (χ1) is 10.0. The largest absolute Gasteiger partial charge is 0.493 e. The number of benzene rings is 1. The predicted octanol–water partition coefficient (Wildman–Crippen LogP) is 2.91. The number of aromatic nitrogens is 2. The van der Waals surface area contributed by atoms with Gasteiger partial charge >= 0.3 is 0 Å². The van der Waals surface area contributed by atoms with Gasteiger partial charge in [-0.15, -0.1) is 0 Å². The Hall–Kier alpha value is -1.82. The lowest BCUT2D eigenvalue weighted by Crippen LogP contribution is -2.28. The second-order valence-corrected chi connectivity index (χ2v) is 6.33. The van der Waals surface area contributed by atoms with E-state index in [0.717, 1.165) is 23.0 Å². The van der Waals surface area contributed by atoms with Crippen LogP contribution in [-0.2, 0) is 6.42 Å². The van der Waals surface area contributed by atoms with Crippen LogP contribution >= 0.6 is 15.9 Å². The van der Waals surface area contributed by atoms with Crippen LogP contribution in [0.2, 0.25) is 0 Å². The Morgan fingerprint density at radius 2 is 2.05 bits per heavy atom. The van der Waals surface area contributed by atoms with Gasteiger partial charge in [-0.3, -0.25) is 0 Å². The van der Waals surface area contributed by atoms with Crippen LogP contribution in [0.1, 0.15) is 24.0 Å². The SMILES string of the molecule is CC(c1ccc(Br)cc1)C1CNc2nc(N)nc(O)c2C1. The zero-order valence-corrected chi connectivity index (χ0v) is 13.3. The highest BCUT2D eigenvalue weighted by atomic mass is 79.9. The zero-order valence-electron chi connectivity index (χ0n) is 11.7. The number of rotatable bonds is 2. The molecule has 3 rings (SSSR count). The Balaban J connectivity index is 1.84. The molecule has 1 aliphatic rings. The van der Waals surface area contributed by atoms with Crippen molar-refractivity contribution in [2.45, 2.75) is 19.3 Å². The van der Waals surface area contributed by atoms with E-state index in [0.29, 0.717) is 17.7 Å². The zero-order chi connectivity index (χ0) is 15.0. The molecular formula is C15H17BrN4O. The van der Waals surface area contributed by atoms with Gasteiger partial charge in [-0.2, -0.15) is 9.97 Å². The highest BCUT2D eigenvalue weighted by Crippen LogP contribution is 2.36. The highest BCUT2D eigenvalue weighted by molar-refractivity contribution is 9.10. The molecule has 2 heterocycles. The van der Waals surface area contributed by atoms with E-state index >= 15 is 0 Å². The third-order valence-electron chi connectivity index (χ3n) is 4.10. The van der Waals surface area contributed by atoms with E-state index in [1.807, 2.05) is 0 Å². The van der Waals surface area contributed by atoms with Crippen molar-refractivity contribution < 1.29 is 5.11 Å². The number of nitrogens with zero attached hydrogens (tertiary/aromatic N) is 2. The number of nitrogens with one attached hydrogen (secondary N) is 1. The molecule has 1 aliphatic heterocycles. The van der Waals surface area contributed by atoms with Gasteiger partial charge in [0.25, 0.3) is 0 Å². The van der Waals surface area contributed by atoms with Crippen molar-refractivity contribution in [1.82, 2.24) is 9.97 Å². The van der Waals surface area contributed by atoms with Gasteiger partial charge in [-0.1, -0.05) is 35.0 Å². The van der Waals surface area contributed by atoms with Crippen molar-refractivity contribution in [3.8, 4) is 5.88 Å². The van der Waals surface area contributed by atoms with Crippen LogP contribution in [0.25, 0.3) is 0 Å². The number of aromatic hydroxyl groups is 1. The van der Waals surface area contributed by atoms with E-state index < -0.39 is 0 Å². The molecule has 6 heteroatoms. The van der Waals surface area contributed by atoms with Gasteiger partial charge in [0.05, 0.1) is 5.56 Å². The maximum Gasteiger partial charge on any atom is 0.225 e. The summed E-state index contributed by atoms with van der Waals surface area (Å²) in [5.41, 5.74) is 7.59. The molecule has 21 heavy (non-hydrogen) atoms. The Labute approximate surface area is 131 Å². The van der Waals surface area contributed by atoms with E-state index in [1.54, 1.807) is 0 Å². The number of anilines is 2. The molecule has 1 aromatic heterocycles. The minimum absolute atomic E-state index is 0.0160. The molecule has 0 radical (unpaired) electrons. The van der Waals surface area contributed by atoms with Crippen molar-refractivity contribution in [3.63, 3.8) is 0 Å². The second-order valence-electron chi connectivity index (χ2n) is 5.42. The van der Waals surface area contributed by atoms with Crippen LogP contribution in [0.3, 0.4) is 0 Å². The van der Waals surface area contributed by atoms with Crippen molar-refractivity contribution in [2.75, 3.05) is 17.6 Å². The van der Waals surface area contributed by atoms with E-state index in [4.69, 9.17) is 5.73 Å². The lowest BCUT2D eigenvalue weighted by atomic mass is 9.82. The van der Waals surface area contributed by atoms with Crippen LogP contribution in [0.5, 0.6) is 5.88 Å². The third kappa shape index (κ3) is 2.81.